The normalized spacial score (nSPS) is 11.5. The Morgan fingerprint density at radius 2 is 1.67 bits per heavy atom. The average molecular weight is 243 g/mol. The SMILES string of the molecule is CC(C)(C)OC(=O)c1ccc2cc(N)ccc2c1. The van der Waals surface area contributed by atoms with Crippen molar-refractivity contribution in [2.24, 2.45) is 0 Å². The molecule has 94 valence electrons. The van der Waals surface area contributed by atoms with Gasteiger partial charge in [0, 0.05) is 5.69 Å². The lowest BCUT2D eigenvalue weighted by Crippen LogP contribution is -2.23. The fourth-order valence-electron chi connectivity index (χ4n) is 1.73. The molecule has 0 atom stereocenters. The highest BCUT2D eigenvalue weighted by Crippen LogP contribution is 2.20. The number of benzene rings is 2. The molecule has 2 aromatic rings. The number of rotatable bonds is 1. The summed E-state index contributed by atoms with van der Waals surface area (Å²) in [4.78, 5) is 11.9. The lowest BCUT2D eigenvalue weighted by Gasteiger charge is -2.19. The van der Waals surface area contributed by atoms with E-state index in [0.29, 0.717) is 11.3 Å². The van der Waals surface area contributed by atoms with Crippen LogP contribution in [0.1, 0.15) is 31.1 Å². The molecular formula is C15H17NO2. The number of hydrogen-bond donors (Lipinski definition) is 1. The summed E-state index contributed by atoms with van der Waals surface area (Å²) in [6.45, 7) is 5.56. The van der Waals surface area contributed by atoms with Crippen LogP contribution in [0, 0.1) is 0 Å². The number of carbonyl (C=O) groups excluding carboxylic acids is 1. The highest BCUT2D eigenvalue weighted by molar-refractivity contribution is 5.96. The van der Waals surface area contributed by atoms with Crippen LogP contribution in [-0.4, -0.2) is 11.6 Å². The van der Waals surface area contributed by atoms with E-state index in [1.165, 1.54) is 0 Å². The summed E-state index contributed by atoms with van der Waals surface area (Å²) in [5.41, 5.74) is 6.51. The van der Waals surface area contributed by atoms with Crippen LogP contribution < -0.4 is 5.73 Å². The fourth-order valence-corrected chi connectivity index (χ4v) is 1.73. The van der Waals surface area contributed by atoms with E-state index >= 15 is 0 Å². The Labute approximate surface area is 107 Å². The Balaban J connectivity index is 2.36. The summed E-state index contributed by atoms with van der Waals surface area (Å²) in [7, 11) is 0. The summed E-state index contributed by atoms with van der Waals surface area (Å²) in [5, 5.41) is 2.00. The van der Waals surface area contributed by atoms with Gasteiger partial charge in [-0.1, -0.05) is 12.1 Å². The summed E-state index contributed by atoms with van der Waals surface area (Å²) in [6.07, 6.45) is 0. The van der Waals surface area contributed by atoms with Gasteiger partial charge in [-0.15, -0.1) is 0 Å². The summed E-state index contributed by atoms with van der Waals surface area (Å²) in [5.74, 6) is -0.304. The molecule has 3 nitrogen and oxygen atoms in total. The zero-order valence-corrected chi connectivity index (χ0v) is 10.9. The van der Waals surface area contributed by atoms with Crippen LogP contribution in [0.5, 0.6) is 0 Å². The summed E-state index contributed by atoms with van der Waals surface area (Å²) < 4.78 is 5.33. The van der Waals surface area contributed by atoms with E-state index in [4.69, 9.17) is 10.5 Å². The number of esters is 1. The topological polar surface area (TPSA) is 52.3 Å². The van der Waals surface area contributed by atoms with E-state index in [0.717, 1.165) is 10.8 Å². The first-order valence-electron chi connectivity index (χ1n) is 5.88. The number of hydrogen-bond acceptors (Lipinski definition) is 3. The second-order valence-electron chi connectivity index (χ2n) is 5.32. The minimum Gasteiger partial charge on any atom is -0.456 e. The van der Waals surface area contributed by atoms with E-state index in [-0.39, 0.29) is 5.97 Å². The molecule has 3 heteroatoms. The summed E-state index contributed by atoms with van der Waals surface area (Å²) >= 11 is 0. The number of anilines is 1. The molecule has 0 radical (unpaired) electrons. The lowest BCUT2D eigenvalue weighted by atomic mass is 10.1. The third-order valence-corrected chi connectivity index (χ3v) is 2.50. The molecule has 0 fully saturated rings. The molecule has 0 saturated heterocycles. The van der Waals surface area contributed by atoms with Gasteiger partial charge in [0.05, 0.1) is 5.56 Å². The minimum atomic E-state index is -0.479. The van der Waals surface area contributed by atoms with Gasteiger partial charge in [0.15, 0.2) is 0 Å². The Morgan fingerprint density at radius 1 is 1.06 bits per heavy atom. The predicted octanol–water partition coefficient (Wildman–Crippen LogP) is 3.38. The summed E-state index contributed by atoms with van der Waals surface area (Å²) in [6, 6.07) is 11.1. The zero-order chi connectivity index (χ0) is 13.3. The van der Waals surface area contributed by atoms with Crippen molar-refractivity contribution in [1.29, 1.82) is 0 Å². The molecule has 18 heavy (non-hydrogen) atoms. The van der Waals surface area contributed by atoms with Crippen molar-refractivity contribution in [3.63, 3.8) is 0 Å². The van der Waals surface area contributed by atoms with E-state index < -0.39 is 5.60 Å². The molecule has 0 unspecified atom stereocenters. The monoisotopic (exact) mass is 243 g/mol. The number of fused-ring (bicyclic) bond motifs is 1. The third kappa shape index (κ3) is 2.80. The quantitative estimate of drug-likeness (QED) is 0.617. The first kappa shape index (κ1) is 12.4. The number of nitrogen functional groups attached to an aromatic ring is 1. The van der Waals surface area contributed by atoms with Crippen LogP contribution in [0.3, 0.4) is 0 Å². The highest BCUT2D eigenvalue weighted by atomic mass is 16.6. The number of ether oxygens (including phenoxy) is 1. The standard InChI is InChI=1S/C15H17NO2/c1-15(2,3)18-14(17)12-5-4-11-9-13(16)7-6-10(11)8-12/h4-9H,16H2,1-3H3. The minimum absolute atomic E-state index is 0.304. The van der Waals surface area contributed by atoms with Gasteiger partial charge in [-0.2, -0.15) is 0 Å². The van der Waals surface area contributed by atoms with Gasteiger partial charge in [-0.3, -0.25) is 0 Å². The Kier molecular flexibility index (Phi) is 2.99. The van der Waals surface area contributed by atoms with Crippen molar-refractivity contribution < 1.29 is 9.53 Å². The smallest absolute Gasteiger partial charge is 0.338 e. The second kappa shape index (κ2) is 4.33. The van der Waals surface area contributed by atoms with Crippen molar-refractivity contribution in [3.8, 4) is 0 Å². The molecule has 0 heterocycles. The number of nitrogens with two attached hydrogens (primary N) is 1. The van der Waals surface area contributed by atoms with E-state index in [1.807, 2.05) is 51.1 Å². The Morgan fingerprint density at radius 3 is 2.33 bits per heavy atom. The van der Waals surface area contributed by atoms with Gasteiger partial charge in [-0.25, -0.2) is 4.79 Å². The molecule has 2 rings (SSSR count). The molecule has 0 aliphatic rings. The van der Waals surface area contributed by atoms with Gasteiger partial charge in [0.1, 0.15) is 5.60 Å². The Hall–Kier alpha value is -2.03. The van der Waals surface area contributed by atoms with Crippen molar-refractivity contribution >= 4 is 22.4 Å². The number of carbonyl (C=O) groups is 1. The lowest BCUT2D eigenvalue weighted by molar-refractivity contribution is 0.00697. The van der Waals surface area contributed by atoms with Crippen LogP contribution in [-0.2, 0) is 4.74 Å². The van der Waals surface area contributed by atoms with Gasteiger partial charge < -0.3 is 10.5 Å². The molecular weight excluding hydrogens is 226 g/mol. The van der Waals surface area contributed by atoms with Crippen molar-refractivity contribution in [3.05, 3.63) is 42.0 Å². The second-order valence-corrected chi connectivity index (χ2v) is 5.32. The third-order valence-electron chi connectivity index (χ3n) is 2.50. The Bertz CT molecular complexity index is 597. The fraction of sp³-hybridized carbons (Fsp3) is 0.267. The highest BCUT2D eigenvalue weighted by Gasteiger charge is 2.17. The van der Waals surface area contributed by atoms with Crippen LogP contribution in [0.15, 0.2) is 36.4 Å². The van der Waals surface area contributed by atoms with Gasteiger partial charge in [0.2, 0.25) is 0 Å². The predicted molar refractivity (Wildman–Crippen MR) is 73.5 cm³/mol. The maximum absolute atomic E-state index is 11.9. The van der Waals surface area contributed by atoms with Gasteiger partial charge >= 0.3 is 5.97 Å². The van der Waals surface area contributed by atoms with Crippen LogP contribution in [0.2, 0.25) is 0 Å². The van der Waals surface area contributed by atoms with Crippen LogP contribution in [0.25, 0.3) is 10.8 Å². The van der Waals surface area contributed by atoms with Crippen molar-refractivity contribution in [2.45, 2.75) is 26.4 Å². The maximum Gasteiger partial charge on any atom is 0.338 e. The zero-order valence-electron chi connectivity index (χ0n) is 10.9. The molecule has 0 spiro atoms. The van der Waals surface area contributed by atoms with E-state index in [2.05, 4.69) is 0 Å². The largest absolute Gasteiger partial charge is 0.456 e. The van der Waals surface area contributed by atoms with Crippen molar-refractivity contribution in [2.75, 3.05) is 5.73 Å². The van der Waals surface area contributed by atoms with Gasteiger partial charge in [-0.05, 0) is 55.8 Å². The molecule has 0 bridgehead atoms. The first-order valence-corrected chi connectivity index (χ1v) is 5.88. The molecule has 0 aliphatic carbocycles. The molecule has 2 N–H and O–H groups in total. The first-order chi connectivity index (χ1) is 8.35. The van der Waals surface area contributed by atoms with Crippen molar-refractivity contribution in [1.82, 2.24) is 0 Å². The maximum atomic E-state index is 11.9. The van der Waals surface area contributed by atoms with Gasteiger partial charge in [0.25, 0.3) is 0 Å². The molecule has 2 aromatic carbocycles. The molecule has 0 saturated carbocycles. The van der Waals surface area contributed by atoms with E-state index in [1.54, 1.807) is 6.07 Å². The average Bonchev–Trinajstić information content (AvgIpc) is 2.26. The molecule has 0 amide bonds. The van der Waals surface area contributed by atoms with Crippen LogP contribution >= 0.6 is 0 Å². The van der Waals surface area contributed by atoms with Crippen LogP contribution in [0.4, 0.5) is 5.69 Å². The molecule has 0 aromatic heterocycles. The molecule has 0 aliphatic heterocycles. The van der Waals surface area contributed by atoms with E-state index in [9.17, 15) is 4.79 Å².